The molecule has 0 aliphatic carbocycles. The van der Waals surface area contributed by atoms with E-state index in [4.69, 9.17) is 19.9 Å². The smallest absolute Gasteiger partial charge is 0.222 e. The molecule has 4 rings (SSSR count). The zero-order chi connectivity index (χ0) is 20.6. The molecule has 0 bridgehead atoms. The van der Waals surface area contributed by atoms with Gasteiger partial charge in [0, 0.05) is 12.4 Å². The van der Waals surface area contributed by atoms with Crippen LogP contribution >= 0.6 is 0 Å². The maximum absolute atomic E-state index is 14.8. The number of aromatic nitrogens is 2. The van der Waals surface area contributed by atoms with Crippen LogP contribution in [0.5, 0.6) is 5.75 Å². The van der Waals surface area contributed by atoms with Gasteiger partial charge in [0.25, 0.3) is 0 Å². The van der Waals surface area contributed by atoms with Gasteiger partial charge in [0.05, 0.1) is 17.7 Å². The van der Waals surface area contributed by atoms with Crippen molar-refractivity contribution in [2.24, 2.45) is 0 Å². The highest BCUT2D eigenvalue weighted by Gasteiger charge is 2.33. The number of hydrogen-bond acceptors (Lipinski definition) is 7. The van der Waals surface area contributed by atoms with Crippen molar-refractivity contribution in [3.05, 3.63) is 42.2 Å². The van der Waals surface area contributed by atoms with Crippen molar-refractivity contribution < 1.29 is 18.6 Å². The lowest BCUT2D eigenvalue weighted by Gasteiger charge is -2.18. The molecule has 2 aromatic carbocycles. The minimum absolute atomic E-state index is 0.144. The standard InChI is InChI=1S/C21H23FN4O3/c1-21(2)28-11-13(29-21)10-27-17-6-4-5-15(22)18(17)12-7-8-14-16(9-12)25-20(23)26-19(14)24-3/h4-9,13H,10-11H2,1-3H3,(H3,23,24,25,26). The average molecular weight is 398 g/mol. The third-order valence-corrected chi connectivity index (χ3v) is 4.71. The number of nitrogens with two attached hydrogens (primary N) is 1. The molecule has 1 fully saturated rings. The lowest BCUT2D eigenvalue weighted by molar-refractivity contribution is -0.141. The highest BCUT2D eigenvalue weighted by atomic mass is 19.1. The summed E-state index contributed by atoms with van der Waals surface area (Å²) in [5, 5.41) is 3.79. The first-order valence-corrected chi connectivity index (χ1v) is 9.35. The Hall–Kier alpha value is -2.97. The van der Waals surface area contributed by atoms with E-state index in [1.165, 1.54) is 6.07 Å². The van der Waals surface area contributed by atoms with Gasteiger partial charge >= 0.3 is 0 Å². The van der Waals surface area contributed by atoms with Gasteiger partial charge in [0.1, 0.15) is 30.1 Å². The Balaban J connectivity index is 1.68. The fraction of sp³-hybridized carbons (Fsp3) is 0.333. The minimum atomic E-state index is -0.637. The van der Waals surface area contributed by atoms with Crippen LogP contribution in [0.2, 0.25) is 0 Å². The van der Waals surface area contributed by atoms with Crippen LogP contribution in [0.3, 0.4) is 0 Å². The summed E-state index contributed by atoms with van der Waals surface area (Å²) in [6.45, 7) is 4.38. The Kier molecular flexibility index (Phi) is 4.97. The van der Waals surface area contributed by atoms with E-state index in [9.17, 15) is 4.39 Å². The molecule has 0 spiro atoms. The van der Waals surface area contributed by atoms with Crippen molar-refractivity contribution in [3.63, 3.8) is 0 Å². The number of benzene rings is 2. The molecule has 1 aliphatic rings. The molecule has 1 saturated heterocycles. The molecule has 8 heteroatoms. The quantitative estimate of drug-likeness (QED) is 0.679. The Morgan fingerprint density at radius 3 is 2.83 bits per heavy atom. The molecule has 1 atom stereocenters. The number of nitrogens with zero attached hydrogens (tertiary/aromatic N) is 2. The highest BCUT2D eigenvalue weighted by Crippen LogP contribution is 2.35. The molecule has 2 heterocycles. The summed E-state index contributed by atoms with van der Waals surface area (Å²) in [4.78, 5) is 8.46. The van der Waals surface area contributed by atoms with Crippen LogP contribution in [0.25, 0.3) is 22.0 Å². The zero-order valence-corrected chi connectivity index (χ0v) is 16.5. The molecular weight excluding hydrogens is 375 g/mol. The highest BCUT2D eigenvalue weighted by molar-refractivity contribution is 5.93. The SMILES string of the molecule is CNc1nc(N)nc2cc(-c3c(F)cccc3OCC3COC(C)(C)O3)ccc12. The molecule has 1 aromatic heterocycles. The number of nitrogens with one attached hydrogen (secondary N) is 1. The second kappa shape index (κ2) is 7.46. The Morgan fingerprint density at radius 2 is 2.10 bits per heavy atom. The van der Waals surface area contributed by atoms with Gasteiger partial charge in [-0.15, -0.1) is 0 Å². The van der Waals surface area contributed by atoms with Crippen molar-refractivity contribution in [3.8, 4) is 16.9 Å². The van der Waals surface area contributed by atoms with Crippen molar-refractivity contribution in [2.75, 3.05) is 31.3 Å². The maximum Gasteiger partial charge on any atom is 0.222 e. The van der Waals surface area contributed by atoms with Gasteiger partial charge in [0.2, 0.25) is 5.95 Å². The predicted octanol–water partition coefficient (Wildman–Crippen LogP) is 3.59. The molecule has 3 N–H and O–H groups in total. The van der Waals surface area contributed by atoms with Gasteiger partial charge in [-0.05, 0) is 43.7 Å². The molecule has 7 nitrogen and oxygen atoms in total. The summed E-state index contributed by atoms with van der Waals surface area (Å²) in [6.07, 6.45) is -0.219. The van der Waals surface area contributed by atoms with Crippen molar-refractivity contribution in [1.29, 1.82) is 0 Å². The second-order valence-corrected chi connectivity index (χ2v) is 7.29. The first-order valence-electron chi connectivity index (χ1n) is 9.35. The molecule has 0 saturated carbocycles. The predicted molar refractivity (Wildman–Crippen MR) is 109 cm³/mol. The van der Waals surface area contributed by atoms with Crippen LogP contribution in [0.4, 0.5) is 16.2 Å². The number of fused-ring (bicyclic) bond motifs is 1. The van der Waals surface area contributed by atoms with E-state index in [0.717, 1.165) is 5.39 Å². The van der Waals surface area contributed by atoms with E-state index in [0.29, 0.717) is 34.8 Å². The summed E-state index contributed by atoms with van der Waals surface area (Å²) < 4.78 is 32.0. The Morgan fingerprint density at radius 1 is 1.28 bits per heavy atom. The van der Waals surface area contributed by atoms with Crippen LogP contribution in [0.1, 0.15) is 13.8 Å². The van der Waals surface area contributed by atoms with E-state index in [2.05, 4.69) is 15.3 Å². The molecule has 152 valence electrons. The fourth-order valence-electron chi connectivity index (χ4n) is 3.43. The topological polar surface area (TPSA) is 91.5 Å². The Labute approximate surface area is 168 Å². The van der Waals surface area contributed by atoms with E-state index in [-0.39, 0.29) is 24.5 Å². The average Bonchev–Trinajstić information content (AvgIpc) is 3.04. The minimum Gasteiger partial charge on any atom is -0.490 e. The summed E-state index contributed by atoms with van der Waals surface area (Å²) in [7, 11) is 1.76. The lowest BCUT2D eigenvalue weighted by atomic mass is 10.0. The number of anilines is 2. The van der Waals surface area contributed by atoms with Gasteiger partial charge < -0.3 is 25.3 Å². The maximum atomic E-state index is 14.8. The molecule has 0 amide bonds. The third kappa shape index (κ3) is 3.94. The van der Waals surface area contributed by atoms with Crippen LogP contribution in [-0.4, -0.2) is 42.1 Å². The monoisotopic (exact) mass is 398 g/mol. The van der Waals surface area contributed by atoms with Crippen LogP contribution in [0.15, 0.2) is 36.4 Å². The molecule has 1 aliphatic heterocycles. The largest absolute Gasteiger partial charge is 0.490 e. The molecular formula is C21H23FN4O3. The van der Waals surface area contributed by atoms with Gasteiger partial charge in [0.15, 0.2) is 5.79 Å². The third-order valence-electron chi connectivity index (χ3n) is 4.71. The van der Waals surface area contributed by atoms with Crippen molar-refractivity contribution in [1.82, 2.24) is 9.97 Å². The molecule has 1 unspecified atom stereocenters. The van der Waals surface area contributed by atoms with E-state index in [1.807, 2.05) is 26.0 Å². The van der Waals surface area contributed by atoms with Crippen LogP contribution in [-0.2, 0) is 9.47 Å². The summed E-state index contributed by atoms with van der Waals surface area (Å²) in [6, 6.07) is 10.2. The lowest BCUT2D eigenvalue weighted by Crippen LogP contribution is -2.25. The van der Waals surface area contributed by atoms with E-state index in [1.54, 1.807) is 25.2 Å². The fourth-order valence-corrected chi connectivity index (χ4v) is 3.43. The van der Waals surface area contributed by atoms with E-state index < -0.39 is 5.79 Å². The zero-order valence-electron chi connectivity index (χ0n) is 16.5. The molecule has 29 heavy (non-hydrogen) atoms. The van der Waals surface area contributed by atoms with Gasteiger partial charge in [-0.3, -0.25) is 0 Å². The normalized spacial score (nSPS) is 18.1. The van der Waals surface area contributed by atoms with Gasteiger partial charge in [-0.2, -0.15) is 4.98 Å². The van der Waals surface area contributed by atoms with E-state index >= 15 is 0 Å². The summed E-state index contributed by atoms with van der Waals surface area (Å²) in [5.74, 6) is 0.159. The molecule has 3 aromatic rings. The number of halogens is 1. The summed E-state index contributed by atoms with van der Waals surface area (Å²) >= 11 is 0. The van der Waals surface area contributed by atoms with Crippen LogP contribution < -0.4 is 15.8 Å². The van der Waals surface area contributed by atoms with Gasteiger partial charge in [-0.1, -0.05) is 12.1 Å². The van der Waals surface area contributed by atoms with Crippen LogP contribution in [0, 0.1) is 5.82 Å². The first kappa shape index (κ1) is 19.4. The molecule has 0 radical (unpaired) electrons. The number of ether oxygens (including phenoxy) is 3. The van der Waals surface area contributed by atoms with Crippen molar-refractivity contribution in [2.45, 2.75) is 25.7 Å². The Bertz CT molecular complexity index is 1060. The van der Waals surface area contributed by atoms with Gasteiger partial charge in [-0.25, -0.2) is 9.37 Å². The first-order chi connectivity index (χ1) is 13.9. The second-order valence-electron chi connectivity index (χ2n) is 7.29. The number of rotatable bonds is 5. The number of hydrogen-bond donors (Lipinski definition) is 2. The number of nitrogen functional groups attached to an aromatic ring is 1. The summed E-state index contributed by atoms with van der Waals surface area (Å²) in [5.41, 5.74) is 7.41. The van der Waals surface area contributed by atoms with Crippen molar-refractivity contribution >= 4 is 22.7 Å².